The highest BCUT2D eigenvalue weighted by molar-refractivity contribution is 5.95. The summed E-state index contributed by atoms with van der Waals surface area (Å²) >= 11 is 0. The summed E-state index contributed by atoms with van der Waals surface area (Å²) in [6.45, 7) is 4.45. The number of alkyl halides is 3. The summed E-state index contributed by atoms with van der Waals surface area (Å²) in [5.74, 6) is -0.644. The number of nitrogens with zero attached hydrogens (tertiary/aromatic N) is 5. The number of benzene rings is 1. The molecule has 0 N–H and O–H groups in total. The number of amides is 1. The summed E-state index contributed by atoms with van der Waals surface area (Å²) in [6.07, 6.45) is -0.247. The van der Waals surface area contributed by atoms with Crippen LogP contribution in [0.1, 0.15) is 27.2 Å². The predicted octanol–water partition coefficient (Wildman–Crippen LogP) is 3.55. The highest BCUT2D eigenvalue weighted by Gasteiger charge is 2.41. The van der Waals surface area contributed by atoms with Crippen LogP contribution in [0.25, 0.3) is 5.69 Å². The van der Waals surface area contributed by atoms with Gasteiger partial charge in [0.15, 0.2) is 5.69 Å². The minimum absolute atomic E-state index is 0.263. The minimum Gasteiger partial charge on any atom is -0.336 e. The number of halogens is 3. The zero-order valence-electron chi connectivity index (χ0n) is 17.0. The van der Waals surface area contributed by atoms with Crippen molar-refractivity contribution in [3.8, 4) is 5.69 Å². The SMILES string of the molecule is Cc1ccc(-n2ncc(C(=O)N3CCN(Cc4ccncc4)CC3)c2C(F)(F)F)cc1. The zero-order chi connectivity index (χ0) is 22.0. The number of hydrogen-bond acceptors (Lipinski definition) is 4. The summed E-state index contributed by atoms with van der Waals surface area (Å²) in [7, 11) is 0. The lowest BCUT2D eigenvalue weighted by atomic mass is 10.1. The normalized spacial score (nSPS) is 15.3. The Kier molecular flexibility index (Phi) is 5.77. The van der Waals surface area contributed by atoms with Crippen LogP contribution in [-0.4, -0.2) is 56.7 Å². The van der Waals surface area contributed by atoms with Crippen molar-refractivity contribution in [1.82, 2.24) is 24.6 Å². The van der Waals surface area contributed by atoms with Crippen molar-refractivity contribution in [3.63, 3.8) is 0 Å². The van der Waals surface area contributed by atoms with Gasteiger partial charge < -0.3 is 4.90 Å². The molecule has 0 spiro atoms. The molecule has 1 aromatic carbocycles. The molecule has 2 aromatic heterocycles. The highest BCUT2D eigenvalue weighted by atomic mass is 19.4. The fourth-order valence-electron chi connectivity index (χ4n) is 3.69. The fourth-order valence-corrected chi connectivity index (χ4v) is 3.69. The van der Waals surface area contributed by atoms with E-state index in [-0.39, 0.29) is 5.69 Å². The van der Waals surface area contributed by atoms with Crippen LogP contribution in [0.2, 0.25) is 0 Å². The van der Waals surface area contributed by atoms with Crippen LogP contribution >= 0.6 is 0 Å². The predicted molar refractivity (Wildman–Crippen MR) is 109 cm³/mol. The van der Waals surface area contributed by atoms with E-state index in [0.29, 0.717) is 32.7 Å². The Morgan fingerprint density at radius 3 is 2.26 bits per heavy atom. The zero-order valence-corrected chi connectivity index (χ0v) is 17.0. The van der Waals surface area contributed by atoms with E-state index in [1.54, 1.807) is 36.7 Å². The molecular weight excluding hydrogens is 407 g/mol. The first-order valence-corrected chi connectivity index (χ1v) is 9.96. The van der Waals surface area contributed by atoms with Gasteiger partial charge in [0.1, 0.15) is 0 Å². The topological polar surface area (TPSA) is 54.3 Å². The number of carbonyl (C=O) groups is 1. The lowest BCUT2D eigenvalue weighted by Gasteiger charge is -2.34. The lowest BCUT2D eigenvalue weighted by molar-refractivity contribution is -0.143. The van der Waals surface area contributed by atoms with Crippen LogP contribution in [0.3, 0.4) is 0 Å². The molecule has 1 fully saturated rings. The van der Waals surface area contributed by atoms with Gasteiger partial charge in [-0.3, -0.25) is 14.7 Å². The van der Waals surface area contributed by atoms with Gasteiger partial charge >= 0.3 is 6.18 Å². The maximum atomic E-state index is 13.9. The number of pyridine rings is 1. The third-order valence-electron chi connectivity index (χ3n) is 5.36. The molecule has 6 nitrogen and oxygen atoms in total. The summed E-state index contributed by atoms with van der Waals surface area (Å²) in [5, 5.41) is 3.90. The lowest BCUT2D eigenvalue weighted by Crippen LogP contribution is -2.48. The van der Waals surface area contributed by atoms with Gasteiger partial charge in [-0.15, -0.1) is 0 Å². The number of aromatic nitrogens is 3. The number of aryl methyl sites for hydroxylation is 1. The summed E-state index contributed by atoms with van der Waals surface area (Å²) in [4.78, 5) is 20.6. The van der Waals surface area contributed by atoms with Crippen molar-refractivity contribution >= 4 is 5.91 Å². The largest absolute Gasteiger partial charge is 0.434 e. The molecule has 31 heavy (non-hydrogen) atoms. The van der Waals surface area contributed by atoms with E-state index in [0.717, 1.165) is 22.0 Å². The third kappa shape index (κ3) is 4.61. The van der Waals surface area contributed by atoms with Gasteiger partial charge in [-0.2, -0.15) is 18.3 Å². The van der Waals surface area contributed by atoms with E-state index in [2.05, 4.69) is 15.0 Å². The van der Waals surface area contributed by atoms with Gasteiger partial charge in [0.05, 0.1) is 17.4 Å². The Balaban J connectivity index is 1.52. The van der Waals surface area contributed by atoms with Gasteiger partial charge in [-0.05, 0) is 36.8 Å². The number of piperazine rings is 1. The molecule has 1 amide bonds. The maximum absolute atomic E-state index is 13.9. The molecule has 0 aliphatic carbocycles. The Morgan fingerprint density at radius 1 is 1.00 bits per heavy atom. The molecule has 1 aliphatic heterocycles. The monoisotopic (exact) mass is 429 g/mol. The number of rotatable bonds is 4. The molecule has 4 rings (SSSR count). The standard InChI is InChI=1S/C22H22F3N5O/c1-16-2-4-18(5-3-16)30-20(22(23,24)25)19(14-27-30)21(31)29-12-10-28(11-13-29)15-17-6-8-26-9-7-17/h2-9,14H,10-13,15H2,1H3. The molecule has 1 saturated heterocycles. The maximum Gasteiger partial charge on any atom is 0.434 e. The summed E-state index contributed by atoms with van der Waals surface area (Å²) in [5.41, 5.74) is 0.828. The van der Waals surface area contributed by atoms with Crippen LogP contribution in [0.4, 0.5) is 13.2 Å². The van der Waals surface area contributed by atoms with Crippen molar-refractivity contribution in [2.75, 3.05) is 26.2 Å². The molecule has 3 heterocycles. The van der Waals surface area contributed by atoms with E-state index >= 15 is 0 Å². The minimum atomic E-state index is -4.71. The van der Waals surface area contributed by atoms with Crippen molar-refractivity contribution in [3.05, 3.63) is 77.4 Å². The highest BCUT2D eigenvalue weighted by Crippen LogP contribution is 2.34. The van der Waals surface area contributed by atoms with Crippen LogP contribution in [-0.2, 0) is 12.7 Å². The molecule has 0 bridgehead atoms. The summed E-state index contributed by atoms with van der Waals surface area (Å²) in [6, 6.07) is 10.4. The quantitative estimate of drug-likeness (QED) is 0.637. The smallest absolute Gasteiger partial charge is 0.336 e. The molecule has 1 aliphatic rings. The van der Waals surface area contributed by atoms with E-state index in [9.17, 15) is 18.0 Å². The van der Waals surface area contributed by atoms with Crippen molar-refractivity contribution < 1.29 is 18.0 Å². The van der Waals surface area contributed by atoms with Crippen LogP contribution in [0.5, 0.6) is 0 Å². The summed E-state index contributed by atoms with van der Waals surface area (Å²) < 4.78 is 42.5. The molecular formula is C22H22F3N5O. The van der Waals surface area contributed by atoms with E-state index in [1.165, 1.54) is 4.90 Å². The molecule has 3 aromatic rings. The Morgan fingerprint density at radius 2 is 1.65 bits per heavy atom. The molecule has 0 radical (unpaired) electrons. The number of hydrogen-bond donors (Lipinski definition) is 0. The van der Waals surface area contributed by atoms with Gasteiger partial charge in [-0.25, -0.2) is 4.68 Å². The van der Waals surface area contributed by atoms with E-state index < -0.39 is 23.3 Å². The average molecular weight is 429 g/mol. The van der Waals surface area contributed by atoms with E-state index in [4.69, 9.17) is 0 Å². The van der Waals surface area contributed by atoms with Crippen molar-refractivity contribution in [2.24, 2.45) is 0 Å². The molecule has 0 saturated carbocycles. The average Bonchev–Trinajstić information content (AvgIpc) is 3.21. The van der Waals surface area contributed by atoms with E-state index in [1.807, 2.05) is 19.1 Å². The molecule has 162 valence electrons. The van der Waals surface area contributed by atoms with Gasteiger partial charge in [0, 0.05) is 45.1 Å². The van der Waals surface area contributed by atoms with Crippen molar-refractivity contribution in [1.29, 1.82) is 0 Å². The Labute approximate surface area is 177 Å². The third-order valence-corrected chi connectivity index (χ3v) is 5.36. The molecule has 0 atom stereocenters. The van der Waals surface area contributed by atoms with Crippen LogP contribution < -0.4 is 0 Å². The Hall–Kier alpha value is -3.20. The molecule has 0 unspecified atom stereocenters. The van der Waals surface area contributed by atoms with Crippen molar-refractivity contribution in [2.45, 2.75) is 19.6 Å². The molecule has 9 heteroatoms. The van der Waals surface area contributed by atoms with Crippen LogP contribution in [0, 0.1) is 6.92 Å². The number of carbonyl (C=O) groups excluding carboxylic acids is 1. The first-order chi connectivity index (χ1) is 14.8. The second-order valence-corrected chi connectivity index (χ2v) is 7.58. The fraction of sp³-hybridized carbons (Fsp3) is 0.318. The van der Waals surface area contributed by atoms with Gasteiger partial charge in [-0.1, -0.05) is 17.7 Å². The second-order valence-electron chi connectivity index (χ2n) is 7.58. The Bertz CT molecular complexity index is 1040. The second kappa shape index (κ2) is 8.50. The van der Waals surface area contributed by atoms with Crippen LogP contribution in [0.15, 0.2) is 55.0 Å². The first-order valence-electron chi connectivity index (χ1n) is 9.96. The van der Waals surface area contributed by atoms with Gasteiger partial charge in [0.2, 0.25) is 0 Å². The first kappa shape index (κ1) is 21.0. The van der Waals surface area contributed by atoms with Gasteiger partial charge in [0.25, 0.3) is 5.91 Å².